The van der Waals surface area contributed by atoms with Crippen molar-refractivity contribution in [2.24, 2.45) is 0 Å². The van der Waals surface area contributed by atoms with Crippen molar-refractivity contribution in [3.05, 3.63) is 152 Å². The quantitative estimate of drug-likeness (QED) is 0.124. The molecule has 0 saturated heterocycles. The van der Waals surface area contributed by atoms with Gasteiger partial charge in [-0.3, -0.25) is 0 Å². The van der Waals surface area contributed by atoms with E-state index in [4.69, 9.17) is 0 Å². The molecular formula is C45H46N4. The highest BCUT2D eigenvalue weighted by Gasteiger charge is 2.18. The molecule has 0 fully saturated rings. The Morgan fingerprint density at radius 2 is 0.694 bits per heavy atom. The Kier molecular flexibility index (Phi) is 9.65. The normalized spacial score (nSPS) is 11.2. The van der Waals surface area contributed by atoms with Crippen LogP contribution in [0, 0.1) is 0 Å². The van der Waals surface area contributed by atoms with Gasteiger partial charge in [0.25, 0.3) is 0 Å². The highest BCUT2D eigenvalue weighted by Crippen LogP contribution is 2.39. The van der Waals surface area contributed by atoms with E-state index in [2.05, 4.69) is 192 Å². The molecule has 0 N–H and O–H groups in total. The molecule has 0 radical (unpaired) electrons. The maximum Gasteiger partial charge on any atom is 0.0542 e. The molecule has 1 aromatic heterocycles. The summed E-state index contributed by atoms with van der Waals surface area (Å²) in [5, 5.41) is 2.52. The van der Waals surface area contributed by atoms with Crippen molar-refractivity contribution in [3.8, 4) is 5.69 Å². The van der Waals surface area contributed by atoms with Gasteiger partial charge in [0.2, 0.25) is 0 Å². The minimum Gasteiger partial charge on any atom is -0.341 e. The van der Waals surface area contributed by atoms with Crippen LogP contribution in [0.1, 0.15) is 40.0 Å². The third-order valence-electron chi connectivity index (χ3n) is 9.32. The lowest BCUT2D eigenvalue weighted by molar-refractivity contribution is 0.885. The van der Waals surface area contributed by atoms with Crippen LogP contribution in [0.2, 0.25) is 0 Å². The molecular weight excluding hydrogens is 597 g/mol. The summed E-state index contributed by atoms with van der Waals surface area (Å²) in [7, 11) is 0. The van der Waals surface area contributed by atoms with E-state index in [0.717, 1.165) is 44.6 Å². The molecule has 7 aromatic rings. The summed E-state index contributed by atoms with van der Waals surface area (Å²) < 4.78 is 2.44. The van der Waals surface area contributed by atoms with Crippen molar-refractivity contribution < 1.29 is 0 Å². The number of hydrogen-bond acceptors (Lipinski definition) is 3. The van der Waals surface area contributed by atoms with E-state index in [1.165, 1.54) is 55.9 Å². The zero-order valence-corrected chi connectivity index (χ0v) is 29.0. The maximum absolute atomic E-state index is 2.44. The number of anilines is 6. The second-order valence-electron chi connectivity index (χ2n) is 12.7. The molecule has 0 aliphatic heterocycles. The number of fused-ring (bicyclic) bond motifs is 3. The lowest BCUT2D eigenvalue weighted by Crippen LogP contribution is -2.17. The first-order valence-electron chi connectivity index (χ1n) is 17.9. The molecule has 7 rings (SSSR count). The summed E-state index contributed by atoms with van der Waals surface area (Å²) in [6.45, 7) is 9.62. The fraction of sp³-hybridized carbons (Fsp3) is 0.200. The van der Waals surface area contributed by atoms with Crippen LogP contribution in [0.3, 0.4) is 0 Å². The number of hydrogen-bond donors (Lipinski definition) is 0. The topological polar surface area (TPSA) is 14.7 Å². The van der Waals surface area contributed by atoms with Crippen molar-refractivity contribution in [1.82, 2.24) is 4.57 Å². The average molecular weight is 643 g/mol. The van der Waals surface area contributed by atoms with Gasteiger partial charge in [-0.05, 0) is 116 Å². The minimum absolute atomic E-state index is 0.953. The van der Waals surface area contributed by atoms with Gasteiger partial charge >= 0.3 is 0 Å². The van der Waals surface area contributed by atoms with Crippen LogP contribution in [0.4, 0.5) is 34.1 Å². The standard InChI is InChI=1S/C45H46N4/c1-4-30-46(35-16-10-7-11-17-35)38-22-24-39(25-23-38)49-44-28-26-40(47(31-5-2)36-18-12-8-13-19-36)33-42(44)43-34-41(27-29-45(43)49)48(32-6-3)37-20-14-9-15-21-37/h7-29,33-34H,4-6,30-32H2,1-3H3. The summed E-state index contributed by atoms with van der Waals surface area (Å²) in [5.41, 5.74) is 10.9. The SMILES string of the molecule is CCCN(c1ccccc1)c1ccc(-n2c3ccc(N(CCC)c4ccccc4)cc3c3cc(N(CCC)c4ccccc4)ccc32)cc1. The van der Waals surface area contributed by atoms with Crippen molar-refractivity contribution in [1.29, 1.82) is 0 Å². The Labute approximate surface area is 291 Å². The second-order valence-corrected chi connectivity index (χ2v) is 12.7. The maximum atomic E-state index is 2.44. The lowest BCUT2D eigenvalue weighted by atomic mass is 10.1. The van der Waals surface area contributed by atoms with Crippen molar-refractivity contribution in [3.63, 3.8) is 0 Å². The van der Waals surface area contributed by atoms with E-state index >= 15 is 0 Å². The fourth-order valence-corrected chi connectivity index (χ4v) is 7.11. The van der Waals surface area contributed by atoms with Crippen LogP contribution in [0.5, 0.6) is 0 Å². The van der Waals surface area contributed by atoms with E-state index in [0.29, 0.717) is 0 Å². The predicted molar refractivity (Wildman–Crippen MR) is 212 cm³/mol. The first-order chi connectivity index (χ1) is 24.2. The monoisotopic (exact) mass is 642 g/mol. The number of benzene rings is 6. The molecule has 0 unspecified atom stereocenters. The summed E-state index contributed by atoms with van der Waals surface area (Å²) >= 11 is 0. The van der Waals surface area contributed by atoms with Crippen LogP contribution in [-0.4, -0.2) is 24.2 Å². The minimum atomic E-state index is 0.953. The highest BCUT2D eigenvalue weighted by atomic mass is 15.1. The Balaban J connectivity index is 1.39. The van der Waals surface area contributed by atoms with Crippen LogP contribution in [0.25, 0.3) is 27.5 Å². The zero-order valence-electron chi connectivity index (χ0n) is 29.0. The third-order valence-corrected chi connectivity index (χ3v) is 9.32. The molecule has 6 aromatic carbocycles. The Hall–Kier alpha value is -5.48. The molecule has 4 heteroatoms. The summed E-state index contributed by atoms with van der Waals surface area (Å²) in [6.07, 6.45) is 3.20. The van der Waals surface area contributed by atoms with Gasteiger partial charge < -0.3 is 19.3 Å². The second kappa shape index (κ2) is 14.7. The molecule has 246 valence electrons. The van der Waals surface area contributed by atoms with Crippen molar-refractivity contribution in [2.45, 2.75) is 40.0 Å². The molecule has 0 aliphatic carbocycles. The molecule has 0 spiro atoms. The molecule has 4 nitrogen and oxygen atoms in total. The average Bonchev–Trinajstić information content (AvgIpc) is 3.49. The van der Waals surface area contributed by atoms with E-state index in [1.54, 1.807) is 0 Å². The fourth-order valence-electron chi connectivity index (χ4n) is 7.11. The molecule has 0 saturated carbocycles. The van der Waals surface area contributed by atoms with Crippen LogP contribution in [0.15, 0.2) is 152 Å². The highest BCUT2D eigenvalue weighted by molar-refractivity contribution is 6.11. The first-order valence-corrected chi connectivity index (χ1v) is 17.9. The predicted octanol–water partition coefficient (Wildman–Crippen LogP) is 12.4. The number of rotatable bonds is 13. The molecule has 0 aliphatic rings. The Morgan fingerprint density at radius 3 is 1.06 bits per heavy atom. The summed E-state index contributed by atoms with van der Waals surface area (Å²) in [6, 6.07) is 55.4. The van der Waals surface area contributed by atoms with E-state index in [1.807, 2.05) is 0 Å². The van der Waals surface area contributed by atoms with Crippen molar-refractivity contribution in [2.75, 3.05) is 34.3 Å². The van der Waals surface area contributed by atoms with Crippen LogP contribution >= 0.6 is 0 Å². The summed E-state index contributed by atoms with van der Waals surface area (Å²) in [5.74, 6) is 0. The first kappa shape index (κ1) is 32.1. The smallest absolute Gasteiger partial charge is 0.0542 e. The van der Waals surface area contributed by atoms with E-state index in [-0.39, 0.29) is 0 Å². The van der Waals surface area contributed by atoms with Gasteiger partial charge in [-0.15, -0.1) is 0 Å². The van der Waals surface area contributed by atoms with E-state index < -0.39 is 0 Å². The van der Waals surface area contributed by atoms with Crippen molar-refractivity contribution >= 4 is 55.9 Å². The number of nitrogens with zero attached hydrogens (tertiary/aromatic N) is 4. The largest absolute Gasteiger partial charge is 0.341 e. The van der Waals surface area contributed by atoms with Gasteiger partial charge in [0.05, 0.1) is 11.0 Å². The molecule has 1 heterocycles. The van der Waals surface area contributed by atoms with Gasteiger partial charge in [0.15, 0.2) is 0 Å². The number of aromatic nitrogens is 1. The Bertz CT molecular complexity index is 1990. The zero-order chi connectivity index (χ0) is 33.6. The third kappa shape index (κ3) is 6.51. The van der Waals surface area contributed by atoms with Gasteiger partial charge in [-0.25, -0.2) is 0 Å². The van der Waals surface area contributed by atoms with E-state index in [9.17, 15) is 0 Å². The molecule has 0 atom stereocenters. The van der Waals surface area contributed by atoms with Gasteiger partial charge in [0.1, 0.15) is 0 Å². The van der Waals surface area contributed by atoms with Crippen LogP contribution in [-0.2, 0) is 0 Å². The van der Waals surface area contributed by atoms with Gasteiger partial charge in [0, 0.05) is 70.2 Å². The lowest BCUT2D eigenvalue weighted by Gasteiger charge is -2.25. The molecule has 0 bridgehead atoms. The molecule has 0 amide bonds. The Morgan fingerprint density at radius 1 is 0.367 bits per heavy atom. The summed E-state index contributed by atoms with van der Waals surface area (Å²) in [4.78, 5) is 7.30. The van der Waals surface area contributed by atoms with Crippen LogP contribution < -0.4 is 14.7 Å². The van der Waals surface area contributed by atoms with Gasteiger partial charge in [-0.1, -0.05) is 75.4 Å². The number of para-hydroxylation sites is 3. The molecule has 49 heavy (non-hydrogen) atoms. The van der Waals surface area contributed by atoms with Gasteiger partial charge in [-0.2, -0.15) is 0 Å².